The first-order valence-corrected chi connectivity index (χ1v) is 6.03. The molecule has 1 aromatic rings. The molecule has 1 aromatic heterocycles. The number of nitrogens with one attached hydrogen (secondary N) is 1. The van der Waals surface area contributed by atoms with Gasteiger partial charge in [-0.1, -0.05) is 11.6 Å². The number of piperidine rings is 1. The average molecular weight is 224 g/mol. The zero-order valence-electron chi connectivity index (χ0n) is 9.85. The topological polar surface area (TPSA) is 54.2 Å². The zero-order chi connectivity index (χ0) is 11.2. The minimum absolute atomic E-state index is 0.691. The fourth-order valence-corrected chi connectivity index (χ4v) is 2.17. The highest BCUT2D eigenvalue weighted by atomic mass is 16.5. The highest BCUT2D eigenvalue weighted by Gasteiger charge is 2.17. The first kappa shape index (κ1) is 11.5. The summed E-state index contributed by atoms with van der Waals surface area (Å²) in [6.45, 7) is 3.20. The van der Waals surface area contributed by atoms with Crippen molar-refractivity contribution in [2.75, 3.05) is 26.7 Å². The Morgan fingerprint density at radius 1 is 1.56 bits per heavy atom. The van der Waals surface area contributed by atoms with E-state index in [1.54, 1.807) is 0 Å². The van der Waals surface area contributed by atoms with Crippen LogP contribution in [0.25, 0.3) is 0 Å². The maximum absolute atomic E-state index is 4.94. The van der Waals surface area contributed by atoms with Crippen LogP contribution < -0.4 is 5.32 Å². The van der Waals surface area contributed by atoms with Crippen molar-refractivity contribution in [1.29, 1.82) is 0 Å². The lowest BCUT2D eigenvalue weighted by atomic mass is 10.0. The van der Waals surface area contributed by atoms with Crippen molar-refractivity contribution in [3.8, 4) is 0 Å². The Bertz CT molecular complexity index is 288. The summed E-state index contributed by atoms with van der Waals surface area (Å²) in [7, 11) is 2.21. The van der Waals surface area contributed by atoms with Crippen LogP contribution in [0.4, 0.5) is 0 Å². The molecule has 0 bridgehead atoms. The second-order valence-corrected chi connectivity index (χ2v) is 4.42. The van der Waals surface area contributed by atoms with Crippen molar-refractivity contribution in [2.45, 2.75) is 31.7 Å². The fourth-order valence-electron chi connectivity index (χ4n) is 2.17. The van der Waals surface area contributed by atoms with E-state index in [1.807, 2.05) is 0 Å². The lowest BCUT2D eigenvalue weighted by Gasteiger charge is -2.32. The molecule has 1 atom stereocenters. The van der Waals surface area contributed by atoms with Crippen LogP contribution in [0.15, 0.2) is 10.9 Å². The summed E-state index contributed by atoms with van der Waals surface area (Å²) in [5.41, 5.74) is 0. The highest BCUT2D eigenvalue weighted by Crippen LogP contribution is 2.13. The Labute approximate surface area is 96.2 Å². The van der Waals surface area contributed by atoms with Crippen LogP contribution in [-0.4, -0.2) is 47.8 Å². The van der Waals surface area contributed by atoms with Gasteiger partial charge in [0, 0.05) is 25.6 Å². The number of hydrogen-bond acceptors (Lipinski definition) is 5. The van der Waals surface area contributed by atoms with Gasteiger partial charge in [0.25, 0.3) is 0 Å². The summed E-state index contributed by atoms with van der Waals surface area (Å²) in [6.07, 6.45) is 6.28. The molecule has 2 heterocycles. The molecule has 5 nitrogen and oxygen atoms in total. The standard InChI is InChI=1S/C11H20N4O/c1-15-7-3-2-4-10(15)8-12-6-5-11-13-9-14-16-11/h9-10,12H,2-8H2,1H3. The van der Waals surface area contributed by atoms with Gasteiger partial charge in [0.15, 0.2) is 6.33 Å². The minimum atomic E-state index is 0.691. The number of aromatic nitrogens is 2. The quantitative estimate of drug-likeness (QED) is 0.746. The molecule has 1 N–H and O–H groups in total. The molecule has 1 unspecified atom stereocenters. The van der Waals surface area contributed by atoms with E-state index < -0.39 is 0 Å². The largest absolute Gasteiger partial charge is 0.340 e. The van der Waals surface area contributed by atoms with E-state index in [0.29, 0.717) is 11.9 Å². The molecule has 1 saturated heterocycles. The Kier molecular flexibility index (Phi) is 4.30. The van der Waals surface area contributed by atoms with Gasteiger partial charge in [0.1, 0.15) is 0 Å². The van der Waals surface area contributed by atoms with Crippen molar-refractivity contribution in [2.24, 2.45) is 0 Å². The molecule has 16 heavy (non-hydrogen) atoms. The summed E-state index contributed by atoms with van der Waals surface area (Å²) < 4.78 is 4.94. The molecule has 1 fully saturated rings. The number of hydrogen-bond donors (Lipinski definition) is 1. The van der Waals surface area contributed by atoms with Crippen molar-refractivity contribution < 1.29 is 4.52 Å². The summed E-state index contributed by atoms with van der Waals surface area (Å²) in [5.74, 6) is 0.712. The normalized spacial score (nSPS) is 22.4. The van der Waals surface area contributed by atoms with Gasteiger partial charge in [-0.3, -0.25) is 0 Å². The molecule has 2 rings (SSSR count). The third-order valence-corrected chi connectivity index (χ3v) is 3.22. The van der Waals surface area contributed by atoms with Crippen LogP contribution in [0.3, 0.4) is 0 Å². The van der Waals surface area contributed by atoms with Gasteiger partial charge in [-0.05, 0) is 26.4 Å². The van der Waals surface area contributed by atoms with Crippen molar-refractivity contribution >= 4 is 0 Å². The van der Waals surface area contributed by atoms with E-state index in [4.69, 9.17) is 4.52 Å². The van der Waals surface area contributed by atoms with Crippen molar-refractivity contribution in [1.82, 2.24) is 20.4 Å². The second-order valence-electron chi connectivity index (χ2n) is 4.42. The average Bonchev–Trinajstić information content (AvgIpc) is 2.79. The maximum atomic E-state index is 4.94. The number of nitrogens with zero attached hydrogens (tertiary/aromatic N) is 3. The predicted molar refractivity (Wildman–Crippen MR) is 61.1 cm³/mol. The molecule has 90 valence electrons. The first-order valence-electron chi connectivity index (χ1n) is 6.03. The van der Waals surface area contributed by atoms with Gasteiger partial charge >= 0.3 is 0 Å². The molecular weight excluding hydrogens is 204 g/mol. The zero-order valence-corrected chi connectivity index (χ0v) is 9.85. The van der Waals surface area contributed by atoms with Crippen LogP contribution in [0, 0.1) is 0 Å². The van der Waals surface area contributed by atoms with Crippen LogP contribution in [0.2, 0.25) is 0 Å². The molecule has 1 aliphatic heterocycles. The molecule has 0 spiro atoms. The smallest absolute Gasteiger partial charge is 0.227 e. The molecule has 0 saturated carbocycles. The third kappa shape index (κ3) is 3.28. The van der Waals surface area contributed by atoms with Gasteiger partial charge in [-0.15, -0.1) is 0 Å². The van der Waals surface area contributed by atoms with Crippen LogP contribution in [0.1, 0.15) is 25.2 Å². The van der Waals surface area contributed by atoms with Crippen molar-refractivity contribution in [3.63, 3.8) is 0 Å². The molecule has 0 aliphatic carbocycles. The van der Waals surface area contributed by atoms with Crippen LogP contribution >= 0.6 is 0 Å². The van der Waals surface area contributed by atoms with E-state index in [-0.39, 0.29) is 0 Å². The summed E-state index contributed by atoms with van der Waals surface area (Å²) in [4.78, 5) is 6.43. The highest BCUT2D eigenvalue weighted by molar-refractivity contribution is 4.78. The van der Waals surface area contributed by atoms with Crippen LogP contribution in [0.5, 0.6) is 0 Å². The first-order chi connectivity index (χ1) is 7.86. The Balaban J connectivity index is 1.60. The number of likely N-dealkylation sites (tertiary alicyclic amines) is 1. The number of rotatable bonds is 5. The molecule has 0 aromatic carbocycles. The Morgan fingerprint density at radius 3 is 3.25 bits per heavy atom. The van der Waals surface area contributed by atoms with Crippen molar-refractivity contribution in [3.05, 3.63) is 12.2 Å². The lowest BCUT2D eigenvalue weighted by Crippen LogP contribution is -2.43. The molecule has 0 radical (unpaired) electrons. The SMILES string of the molecule is CN1CCCCC1CNCCc1ncno1. The van der Waals surface area contributed by atoms with E-state index in [9.17, 15) is 0 Å². The molecule has 1 aliphatic rings. The van der Waals surface area contributed by atoms with Gasteiger partial charge < -0.3 is 14.7 Å². The minimum Gasteiger partial charge on any atom is -0.340 e. The Hall–Kier alpha value is -0.940. The Morgan fingerprint density at radius 2 is 2.50 bits per heavy atom. The summed E-state index contributed by atoms with van der Waals surface area (Å²) >= 11 is 0. The maximum Gasteiger partial charge on any atom is 0.227 e. The van der Waals surface area contributed by atoms with E-state index >= 15 is 0 Å². The third-order valence-electron chi connectivity index (χ3n) is 3.22. The number of likely N-dealkylation sites (N-methyl/N-ethyl adjacent to an activating group) is 1. The summed E-state index contributed by atoms with van der Waals surface area (Å²) in [5, 5.41) is 7.04. The monoisotopic (exact) mass is 224 g/mol. The van der Waals surface area contributed by atoms with Gasteiger partial charge in [-0.2, -0.15) is 4.98 Å². The second kappa shape index (κ2) is 5.96. The molecular formula is C11H20N4O. The van der Waals surface area contributed by atoms with E-state index in [2.05, 4.69) is 27.4 Å². The van der Waals surface area contributed by atoms with Gasteiger partial charge in [0.2, 0.25) is 5.89 Å². The fraction of sp³-hybridized carbons (Fsp3) is 0.818. The van der Waals surface area contributed by atoms with E-state index in [1.165, 1.54) is 32.1 Å². The van der Waals surface area contributed by atoms with Crippen LogP contribution in [-0.2, 0) is 6.42 Å². The van der Waals surface area contributed by atoms with Gasteiger partial charge in [0.05, 0.1) is 0 Å². The van der Waals surface area contributed by atoms with Gasteiger partial charge in [-0.25, -0.2) is 0 Å². The molecule has 0 amide bonds. The predicted octanol–water partition coefficient (Wildman–Crippen LogP) is 0.686. The van der Waals surface area contributed by atoms with E-state index in [0.717, 1.165) is 19.5 Å². The lowest BCUT2D eigenvalue weighted by molar-refractivity contribution is 0.181. The molecule has 5 heteroatoms. The summed E-state index contributed by atoms with van der Waals surface area (Å²) in [6, 6.07) is 0.691.